The van der Waals surface area contributed by atoms with E-state index >= 15 is 0 Å². The summed E-state index contributed by atoms with van der Waals surface area (Å²) in [6.45, 7) is 3.37. The summed E-state index contributed by atoms with van der Waals surface area (Å²) in [7, 11) is 2.94. The molecule has 1 aromatic carbocycles. The molecule has 0 aliphatic heterocycles. The number of aryl methyl sites for hydroxylation is 2. The third kappa shape index (κ3) is 2.54. The molecule has 0 saturated carbocycles. The minimum atomic E-state index is -3.82. The lowest BCUT2D eigenvalue weighted by molar-refractivity contribution is 0.0962. The second-order valence-corrected chi connectivity index (χ2v) is 5.98. The molecule has 6 heteroatoms. The maximum atomic E-state index is 11.5. The van der Waals surface area contributed by atoms with Gasteiger partial charge in [0.25, 0.3) is 15.0 Å². The highest BCUT2D eigenvalue weighted by Gasteiger charge is 2.18. The van der Waals surface area contributed by atoms with E-state index in [9.17, 15) is 13.2 Å². The molecule has 0 atom stereocenters. The molecule has 0 fully saturated rings. The van der Waals surface area contributed by atoms with Crippen LogP contribution in [0.5, 0.6) is 0 Å². The molecule has 0 radical (unpaired) electrons. The van der Waals surface area contributed by atoms with Crippen molar-refractivity contribution < 1.29 is 13.2 Å². The van der Waals surface area contributed by atoms with Gasteiger partial charge in [-0.05, 0) is 31.0 Å². The van der Waals surface area contributed by atoms with Crippen molar-refractivity contribution in [2.75, 3.05) is 7.05 Å². The topological polar surface area (TPSA) is 63.2 Å². The van der Waals surface area contributed by atoms with Gasteiger partial charge < -0.3 is 5.32 Å². The van der Waals surface area contributed by atoms with Crippen molar-refractivity contribution in [1.82, 2.24) is 5.32 Å². The van der Waals surface area contributed by atoms with Crippen molar-refractivity contribution in [1.29, 1.82) is 0 Å². The number of hydrogen-bond acceptors (Lipinski definition) is 3. The van der Waals surface area contributed by atoms with Crippen LogP contribution in [0.3, 0.4) is 0 Å². The second kappa shape index (κ2) is 4.43. The van der Waals surface area contributed by atoms with Gasteiger partial charge in [0, 0.05) is 23.3 Å². The first-order chi connectivity index (χ1) is 7.27. The quantitative estimate of drug-likeness (QED) is 0.823. The molecule has 1 aromatic rings. The van der Waals surface area contributed by atoms with Crippen LogP contribution >= 0.6 is 10.7 Å². The Labute approximate surface area is 99.0 Å². The van der Waals surface area contributed by atoms with Crippen LogP contribution in [-0.4, -0.2) is 21.4 Å². The lowest BCUT2D eigenvalue weighted by atomic mass is 10.1. The number of carbonyl (C=O) groups excluding carboxylic acids is 1. The number of benzene rings is 1. The molecule has 4 nitrogen and oxygen atoms in total. The minimum absolute atomic E-state index is 0.0293. The van der Waals surface area contributed by atoms with E-state index in [0.29, 0.717) is 16.7 Å². The van der Waals surface area contributed by atoms with Crippen LogP contribution in [0.4, 0.5) is 0 Å². The van der Waals surface area contributed by atoms with E-state index in [1.54, 1.807) is 19.9 Å². The van der Waals surface area contributed by atoms with Gasteiger partial charge in [-0.1, -0.05) is 6.07 Å². The maximum absolute atomic E-state index is 11.5. The van der Waals surface area contributed by atoms with Gasteiger partial charge in [-0.15, -0.1) is 0 Å². The van der Waals surface area contributed by atoms with Crippen molar-refractivity contribution in [3.8, 4) is 0 Å². The minimum Gasteiger partial charge on any atom is -0.355 e. The largest absolute Gasteiger partial charge is 0.355 e. The number of halogens is 1. The first-order valence-corrected chi connectivity index (χ1v) is 6.86. The molecular weight excluding hydrogens is 250 g/mol. The van der Waals surface area contributed by atoms with Gasteiger partial charge in [-0.2, -0.15) is 0 Å². The third-order valence-electron chi connectivity index (χ3n) is 2.26. The Hall–Kier alpha value is -1.07. The molecule has 0 saturated heterocycles. The number of amides is 1. The predicted molar refractivity (Wildman–Crippen MR) is 62.3 cm³/mol. The fourth-order valence-corrected chi connectivity index (χ4v) is 2.68. The van der Waals surface area contributed by atoms with Gasteiger partial charge in [0.15, 0.2) is 0 Å². The second-order valence-electron chi connectivity index (χ2n) is 3.45. The molecule has 0 bridgehead atoms. The third-order valence-corrected chi connectivity index (χ3v) is 3.72. The zero-order valence-electron chi connectivity index (χ0n) is 9.17. The van der Waals surface area contributed by atoms with Gasteiger partial charge in [0.05, 0.1) is 4.90 Å². The van der Waals surface area contributed by atoms with Crippen LogP contribution in [0.1, 0.15) is 21.5 Å². The molecule has 0 aliphatic rings. The molecule has 88 valence electrons. The molecule has 1 rings (SSSR count). The highest BCUT2D eigenvalue weighted by atomic mass is 35.7. The average Bonchev–Trinajstić information content (AvgIpc) is 2.14. The van der Waals surface area contributed by atoms with Crippen LogP contribution in [0.25, 0.3) is 0 Å². The van der Waals surface area contributed by atoms with Crippen molar-refractivity contribution in [3.05, 3.63) is 28.8 Å². The average molecular weight is 262 g/mol. The van der Waals surface area contributed by atoms with Crippen molar-refractivity contribution >= 4 is 25.6 Å². The Morgan fingerprint density at radius 1 is 1.25 bits per heavy atom. The summed E-state index contributed by atoms with van der Waals surface area (Å²) in [6.07, 6.45) is 0. The Morgan fingerprint density at radius 3 is 2.25 bits per heavy atom. The summed E-state index contributed by atoms with van der Waals surface area (Å²) >= 11 is 0. The van der Waals surface area contributed by atoms with E-state index in [1.165, 1.54) is 13.1 Å². The SMILES string of the molecule is CNC(=O)c1cc(S(=O)(=O)Cl)c(C)cc1C. The molecule has 0 spiro atoms. The Balaban J connectivity index is 3.51. The van der Waals surface area contributed by atoms with Gasteiger partial charge in [0.2, 0.25) is 0 Å². The highest BCUT2D eigenvalue weighted by Crippen LogP contribution is 2.23. The Morgan fingerprint density at radius 2 is 1.81 bits per heavy atom. The molecule has 0 aliphatic carbocycles. The lowest BCUT2D eigenvalue weighted by Gasteiger charge is -2.09. The van der Waals surface area contributed by atoms with Crippen LogP contribution in [0.15, 0.2) is 17.0 Å². The summed E-state index contributed by atoms with van der Waals surface area (Å²) in [4.78, 5) is 11.4. The summed E-state index contributed by atoms with van der Waals surface area (Å²) in [6, 6.07) is 2.92. The van der Waals surface area contributed by atoms with Crippen LogP contribution < -0.4 is 5.32 Å². The summed E-state index contributed by atoms with van der Waals surface area (Å²) in [5.41, 5.74) is 1.55. The van der Waals surface area contributed by atoms with Gasteiger partial charge >= 0.3 is 0 Å². The Kier molecular flexibility index (Phi) is 3.60. The maximum Gasteiger partial charge on any atom is 0.261 e. The van der Waals surface area contributed by atoms with Crippen molar-refractivity contribution in [3.63, 3.8) is 0 Å². The summed E-state index contributed by atoms with van der Waals surface area (Å²) in [5, 5.41) is 2.44. The number of carbonyl (C=O) groups is 1. The summed E-state index contributed by atoms with van der Waals surface area (Å²) < 4.78 is 22.5. The fourth-order valence-electron chi connectivity index (χ4n) is 1.47. The highest BCUT2D eigenvalue weighted by molar-refractivity contribution is 8.13. The Bertz CT molecular complexity index is 537. The van der Waals surface area contributed by atoms with E-state index in [2.05, 4.69) is 5.32 Å². The van der Waals surface area contributed by atoms with Gasteiger partial charge in [0.1, 0.15) is 0 Å². The zero-order valence-corrected chi connectivity index (χ0v) is 10.7. The summed E-state index contributed by atoms with van der Waals surface area (Å²) in [5.74, 6) is -0.334. The van der Waals surface area contributed by atoms with Crippen molar-refractivity contribution in [2.45, 2.75) is 18.7 Å². The molecule has 0 heterocycles. The smallest absolute Gasteiger partial charge is 0.261 e. The van der Waals surface area contributed by atoms with Gasteiger partial charge in [-0.3, -0.25) is 4.79 Å². The van der Waals surface area contributed by atoms with Crippen LogP contribution in [0, 0.1) is 13.8 Å². The molecular formula is C10H12ClNO3S. The zero-order chi connectivity index (χ0) is 12.5. The molecule has 1 amide bonds. The lowest BCUT2D eigenvalue weighted by Crippen LogP contribution is -2.19. The van der Waals surface area contributed by atoms with Gasteiger partial charge in [-0.25, -0.2) is 8.42 Å². The van der Waals surface area contributed by atoms with E-state index in [4.69, 9.17) is 10.7 Å². The number of hydrogen-bond donors (Lipinski definition) is 1. The first-order valence-electron chi connectivity index (χ1n) is 4.55. The standard InChI is InChI=1S/C10H12ClNO3S/c1-6-4-7(2)9(16(11,14)15)5-8(6)10(13)12-3/h4-5H,1-3H3,(H,12,13). The van der Waals surface area contributed by atoms with Crippen molar-refractivity contribution in [2.24, 2.45) is 0 Å². The molecule has 0 unspecified atom stereocenters. The monoisotopic (exact) mass is 261 g/mol. The first kappa shape index (κ1) is 13.0. The van der Waals surface area contributed by atoms with E-state index in [-0.39, 0.29) is 10.8 Å². The fraction of sp³-hybridized carbons (Fsp3) is 0.300. The molecule has 16 heavy (non-hydrogen) atoms. The van der Waals surface area contributed by atoms with E-state index in [1.807, 2.05) is 0 Å². The molecule has 0 aromatic heterocycles. The predicted octanol–water partition coefficient (Wildman–Crippen LogP) is 1.59. The molecule has 1 N–H and O–H groups in total. The number of rotatable bonds is 2. The normalized spacial score (nSPS) is 11.2. The van der Waals surface area contributed by atoms with E-state index in [0.717, 1.165) is 0 Å². The van der Waals surface area contributed by atoms with E-state index < -0.39 is 9.05 Å². The van der Waals surface area contributed by atoms with Crippen LogP contribution in [-0.2, 0) is 9.05 Å². The van der Waals surface area contributed by atoms with Crippen LogP contribution in [0.2, 0.25) is 0 Å². The number of nitrogens with one attached hydrogen (secondary N) is 1.